The Hall–Kier alpha value is -3.98. The second kappa shape index (κ2) is 7.81. The summed E-state index contributed by atoms with van der Waals surface area (Å²) in [5.74, 6) is -1.32. The van der Waals surface area contributed by atoms with Crippen LogP contribution in [0.5, 0.6) is 0 Å². The fourth-order valence-electron chi connectivity index (χ4n) is 4.81. The number of aromatic nitrogens is 2. The Labute approximate surface area is 194 Å². The lowest BCUT2D eigenvalue weighted by Crippen LogP contribution is -2.45. The van der Waals surface area contributed by atoms with Crippen molar-refractivity contribution in [3.63, 3.8) is 0 Å². The molecule has 34 heavy (non-hydrogen) atoms. The number of carbonyl (C=O) groups is 2. The lowest BCUT2D eigenvalue weighted by Gasteiger charge is -2.33. The number of ether oxygens (including phenoxy) is 2. The van der Waals surface area contributed by atoms with E-state index in [1.165, 1.54) is 10.6 Å². The molecule has 2 aliphatic rings. The zero-order chi connectivity index (χ0) is 24.2. The van der Waals surface area contributed by atoms with Crippen molar-refractivity contribution in [1.29, 1.82) is 0 Å². The van der Waals surface area contributed by atoms with E-state index in [0.717, 1.165) is 5.39 Å². The number of nitrogens with two attached hydrogens (primary N) is 1. The zero-order valence-corrected chi connectivity index (χ0v) is 18.8. The van der Waals surface area contributed by atoms with Crippen molar-refractivity contribution in [2.45, 2.75) is 39.0 Å². The average Bonchev–Trinajstić information content (AvgIpc) is 3.22. The zero-order valence-electron chi connectivity index (χ0n) is 18.8. The molecule has 3 N–H and O–H groups in total. The van der Waals surface area contributed by atoms with Crippen molar-refractivity contribution in [3.05, 3.63) is 62.9 Å². The molecule has 0 amide bonds. The second-order valence-corrected chi connectivity index (χ2v) is 8.25. The van der Waals surface area contributed by atoms with Crippen LogP contribution in [-0.2, 0) is 37.8 Å². The number of esters is 2. The molecule has 1 aromatic carbocycles. The number of fused-ring (bicyclic) bond motifs is 5. The number of benzene rings is 1. The van der Waals surface area contributed by atoms with Gasteiger partial charge in [0.1, 0.15) is 6.61 Å². The first-order valence-corrected chi connectivity index (χ1v) is 11.0. The van der Waals surface area contributed by atoms with Crippen LogP contribution in [0.4, 0.5) is 5.69 Å². The molecular formula is C25H23N3O6. The number of pyridine rings is 2. The molecule has 2 aliphatic heterocycles. The highest BCUT2D eigenvalue weighted by atomic mass is 16.6. The summed E-state index contributed by atoms with van der Waals surface area (Å²) in [6, 6.07) is 7.41. The van der Waals surface area contributed by atoms with Gasteiger partial charge in [0.25, 0.3) is 5.56 Å². The number of hydrogen-bond donors (Lipinski definition) is 2. The van der Waals surface area contributed by atoms with E-state index < -0.39 is 23.1 Å². The van der Waals surface area contributed by atoms with Gasteiger partial charge in [0.15, 0.2) is 5.60 Å². The lowest BCUT2D eigenvalue weighted by molar-refractivity contribution is -0.172. The summed E-state index contributed by atoms with van der Waals surface area (Å²) in [6.45, 7) is 3.51. The maximum atomic E-state index is 13.5. The predicted molar refractivity (Wildman–Crippen MR) is 125 cm³/mol. The van der Waals surface area contributed by atoms with E-state index in [1.807, 2.05) is 24.3 Å². The van der Waals surface area contributed by atoms with E-state index in [1.54, 1.807) is 19.9 Å². The smallest absolute Gasteiger partial charge is 0.343 e. The van der Waals surface area contributed by atoms with Crippen molar-refractivity contribution in [1.82, 2.24) is 9.55 Å². The molecule has 0 aliphatic carbocycles. The molecule has 3 aromatic rings. The first kappa shape index (κ1) is 21.8. The van der Waals surface area contributed by atoms with Gasteiger partial charge in [-0.3, -0.25) is 4.79 Å². The molecule has 0 bridgehead atoms. The lowest BCUT2D eigenvalue weighted by atomic mass is 9.84. The number of nitrogen functional groups attached to an aromatic ring is 1. The van der Waals surface area contributed by atoms with Gasteiger partial charge in [0.2, 0.25) is 0 Å². The summed E-state index contributed by atoms with van der Waals surface area (Å²) in [5.41, 5.74) is 7.39. The van der Waals surface area contributed by atoms with Gasteiger partial charge in [-0.05, 0) is 31.1 Å². The molecule has 0 fully saturated rings. The molecule has 174 valence electrons. The number of hydrogen-bond acceptors (Lipinski definition) is 8. The number of carbonyl (C=O) groups excluding carboxylic acids is 2. The van der Waals surface area contributed by atoms with E-state index >= 15 is 0 Å². The maximum Gasteiger partial charge on any atom is 0.343 e. The van der Waals surface area contributed by atoms with Gasteiger partial charge in [0.05, 0.1) is 41.3 Å². The molecular weight excluding hydrogens is 438 g/mol. The molecule has 0 saturated heterocycles. The monoisotopic (exact) mass is 461 g/mol. The van der Waals surface area contributed by atoms with Crippen LogP contribution in [-0.4, -0.2) is 33.2 Å². The first-order valence-electron chi connectivity index (χ1n) is 11.0. The van der Waals surface area contributed by atoms with Gasteiger partial charge in [0, 0.05) is 22.6 Å². The van der Waals surface area contributed by atoms with Crippen molar-refractivity contribution >= 4 is 34.6 Å². The fraction of sp³-hybridized carbons (Fsp3) is 0.280. The highest BCUT2D eigenvalue weighted by Crippen LogP contribution is 2.45. The van der Waals surface area contributed by atoms with Crippen LogP contribution in [0.15, 0.2) is 35.1 Å². The summed E-state index contributed by atoms with van der Waals surface area (Å²) < 4.78 is 11.6. The second-order valence-electron chi connectivity index (χ2n) is 8.25. The molecule has 2 aromatic heterocycles. The SMILES string of the molecule is CCOC(=O)C=Cc1c2c(nc3ccccc13)-c1c(N)c3c(c(=O)n1C2)COC(=O)C3(O)CC. The topological polar surface area (TPSA) is 134 Å². The number of para-hydroxylation sites is 1. The standard InChI is InChI=1S/C25H23N3O6/c1-3-25(32)19-16(12-34-24(25)31)23(30)28-11-15-13(9-10-18(29)33-4-2)14-7-5-6-8-17(14)27-21(15)22(28)20(19)26/h5-10,32H,3-4,11-12,26H2,1-2H3. The Morgan fingerprint density at radius 2 is 2.06 bits per heavy atom. The summed E-state index contributed by atoms with van der Waals surface area (Å²) >= 11 is 0. The van der Waals surface area contributed by atoms with Gasteiger partial charge in [-0.1, -0.05) is 25.1 Å². The predicted octanol–water partition coefficient (Wildman–Crippen LogP) is 2.24. The van der Waals surface area contributed by atoms with Crippen LogP contribution in [0.3, 0.4) is 0 Å². The van der Waals surface area contributed by atoms with E-state index in [2.05, 4.69) is 0 Å². The normalized spacial score (nSPS) is 18.5. The van der Waals surface area contributed by atoms with E-state index in [4.69, 9.17) is 20.2 Å². The van der Waals surface area contributed by atoms with Crippen molar-refractivity contribution < 1.29 is 24.2 Å². The number of rotatable bonds is 4. The van der Waals surface area contributed by atoms with Crippen molar-refractivity contribution in [2.75, 3.05) is 12.3 Å². The summed E-state index contributed by atoms with van der Waals surface area (Å²) in [4.78, 5) is 42.7. The average molecular weight is 461 g/mol. The minimum atomic E-state index is -2.02. The summed E-state index contributed by atoms with van der Waals surface area (Å²) in [7, 11) is 0. The van der Waals surface area contributed by atoms with Gasteiger partial charge in [-0.2, -0.15) is 0 Å². The molecule has 5 rings (SSSR count). The number of aliphatic hydroxyl groups is 1. The van der Waals surface area contributed by atoms with Gasteiger partial charge in [-0.15, -0.1) is 0 Å². The Morgan fingerprint density at radius 3 is 2.79 bits per heavy atom. The van der Waals surface area contributed by atoms with Gasteiger partial charge < -0.3 is 24.9 Å². The Balaban J connectivity index is 1.81. The molecule has 4 heterocycles. The Kier molecular flexibility index (Phi) is 5.02. The van der Waals surface area contributed by atoms with E-state index in [9.17, 15) is 19.5 Å². The van der Waals surface area contributed by atoms with Crippen LogP contribution >= 0.6 is 0 Å². The van der Waals surface area contributed by atoms with Crippen LogP contribution in [0, 0.1) is 0 Å². The Bertz CT molecular complexity index is 1470. The molecule has 9 nitrogen and oxygen atoms in total. The highest BCUT2D eigenvalue weighted by Gasteiger charge is 2.47. The largest absolute Gasteiger partial charge is 0.463 e. The number of anilines is 1. The van der Waals surface area contributed by atoms with Gasteiger partial charge in [-0.25, -0.2) is 14.6 Å². The molecule has 9 heteroatoms. The fourth-order valence-corrected chi connectivity index (χ4v) is 4.81. The molecule has 1 unspecified atom stereocenters. The van der Waals surface area contributed by atoms with Crippen LogP contribution < -0.4 is 11.3 Å². The van der Waals surface area contributed by atoms with Crippen LogP contribution in [0.1, 0.15) is 42.5 Å². The van der Waals surface area contributed by atoms with E-state index in [0.29, 0.717) is 28.0 Å². The van der Waals surface area contributed by atoms with Crippen molar-refractivity contribution in [2.24, 2.45) is 0 Å². The molecule has 0 radical (unpaired) electrons. The summed E-state index contributed by atoms with van der Waals surface area (Å²) in [5, 5.41) is 11.9. The minimum absolute atomic E-state index is 0.00252. The summed E-state index contributed by atoms with van der Waals surface area (Å²) in [6.07, 6.45) is 2.99. The van der Waals surface area contributed by atoms with E-state index in [-0.39, 0.29) is 43.0 Å². The number of cyclic esters (lactones) is 1. The third-order valence-electron chi connectivity index (χ3n) is 6.46. The number of nitrogens with zero attached hydrogens (tertiary/aromatic N) is 2. The third kappa shape index (κ3) is 2.97. The molecule has 0 spiro atoms. The van der Waals surface area contributed by atoms with Crippen LogP contribution in [0.25, 0.3) is 28.4 Å². The van der Waals surface area contributed by atoms with Crippen molar-refractivity contribution in [3.8, 4) is 11.4 Å². The third-order valence-corrected chi connectivity index (χ3v) is 6.46. The van der Waals surface area contributed by atoms with Crippen LogP contribution in [0.2, 0.25) is 0 Å². The highest BCUT2D eigenvalue weighted by molar-refractivity contribution is 5.98. The quantitative estimate of drug-likeness (QED) is 0.349. The maximum absolute atomic E-state index is 13.5. The molecule has 1 atom stereocenters. The first-order chi connectivity index (χ1) is 16.3. The van der Waals surface area contributed by atoms with Gasteiger partial charge >= 0.3 is 11.9 Å². The Morgan fingerprint density at radius 1 is 1.29 bits per heavy atom. The molecule has 0 saturated carbocycles. The minimum Gasteiger partial charge on any atom is -0.463 e.